The largest absolute Gasteiger partial charge is 0.346 e. The van der Waals surface area contributed by atoms with Gasteiger partial charge in [-0.2, -0.15) is 0 Å². The molecule has 0 atom stereocenters. The summed E-state index contributed by atoms with van der Waals surface area (Å²) in [6.07, 6.45) is 5.85. The average molecular weight is 244 g/mol. The molecule has 0 spiro atoms. The van der Waals surface area contributed by atoms with Crippen LogP contribution in [0.5, 0.6) is 0 Å². The summed E-state index contributed by atoms with van der Waals surface area (Å²) < 4.78 is 2.38. The van der Waals surface area contributed by atoms with E-state index in [1.165, 1.54) is 29.3 Å². The van der Waals surface area contributed by atoms with Gasteiger partial charge < -0.3 is 9.88 Å². The Kier molecular flexibility index (Phi) is 4.82. The SMILES string of the molecule is CCCCNCCn1ccc2cccc(CC)c21. The van der Waals surface area contributed by atoms with Crippen molar-refractivity contribution < 1.29 is 0 Å². The molecule has 2 rings (SSSR count). The van der Waals surface area contributed by atoms with Gasteiger partial charge >= 0.3 is 0 Å². The molecule has 0 aliphatic rings. The molecule has 1 heterocycles. The maximum atomic E-state index is 3.51. The molecule has 0 amide bonds. The quantitative estimate of drug-likeness (QED) is 0.736. The van der Waals surface area contributed by atoms with Crippen LogP contribution < -0.4 is 5.32 Å². The first kappa shape index (κ1) is 13.2. The number of aromatic nitrogens is 1. The van der Waals surface area contributed by atoms with E-state index >= 15 is 0 Å². The number of rotatable bonds is 7. The molecule has 1 aromatic heterocycles. The van der Waals surface area contributed by atoms with Crippen LogP contribution in [0.2, 0.25) is 0 Å². The number of nitrogens with one attached hydrogen (secondary N) is 1. The van der Waals surface area contributed by atoms with E-state index in [0.717, 1.165) is 26.1 Å². The number of nitrogens with zero attached hydrogens (tertiary/aromatic N) is 1. The highest BCUT2D eigenvalue weighted by Gasteiger charge is 2.04. The molecule has 0 radical (unpaired) electrons. The van der Waals surface area contributed by atoms with Gasteiger partial charge in [-0.25, -0.2) is 0 Å². The Morgan fingerprint density at radius 3 is 2.78 bits per heavy atom. The third-order valence-electron chi connectivity index (χ3n) is 3.49. The van der Waals surface area contributed by atoms with Crippen LogP contribution in [0, 0.1) is 0 Å². The van der Waals surface area contributed by atoms with Crippen LogP contribution in [0.4, 0.5) is 0 Å². The topological polar surface area (TPSA) is 17.0 Å². The molecule has 1 N–H and O–H groups in total. The Labute approximate surface area is 110 Å². The van der Waals surface area contributed by atoms with Gasteiger partial charge in [0.25, 0.3) is 0 Å². The Morgan fingerprint density at radius 1 is 1.11 bits per heavy atom. The van der Waals surface area contributed by atoms with Gasteiger partial charge in [0.1, 0.15) is 0 Å². The van der Waals surface area contributed by atoms with E-state index in [9.17, 15) is 0 Å². The summed E-state index contributed by atoms with van der Waals surface area (Å²) in [4.78, 5) is 0. The molecule has 18 heavy (non-hydrogen) atoms. The maximum Gasteiger partial charge on any atom is 0.0513 e. The first-order chi connectivity index (χ1) is 8.86. The van der Waals surface area contributed by atoms with Crippen molar-refractivity contribution in [1.82, 2.24) is 9.88 Å². The van der Waals surface area contributed by atoms with Crippen LogP contribution in [0.25, 0.3) is 10.9 Å². The number of unbranched alkanes of at least 4 members (excludes halogenated alkanes) is 1. The van der Waals surface area contributed by atoms with Crippen LogP contribution in [0.3, 0.4) is 0 Å². The number of fused-ring (bicyclic) bond motifs is 1. The average Bonchev–Trinajstić information content (AvgIpc) is 2.82. The van der Waals surface area contributed by atoms with Crippen molar-refractivity contribution in [2.75, 3.05) is 13.1 Å². The van der Waals surface area contributed by atoms with E-state index in [1.54, 1.807) is 0 Å². The van der Waals surface area contributed by atoms with Gasteiger partial charge in [-0.1, -0.05) is 38.5 Å². The number of hydrogen-bond donors (Lipinski definition) is 1. The second-order valence-electron chi connectivity index (χ2n) is 4.82. The summed E-state index contributed by atoms with van der Waals surface area (Å²) in [5.41, 5.74) is 2.86. The minimum atomic E-state index is 1.06. The van der Waals surface area contributed by atoms with Gasteiger partial charge in [0.2, 0.25) is 0 Å². The highest BCUT2D eigenvalue weighted by molar-refractivity contribution is 5.83. The van der Waals surface area contributed by atoms with E-state index in [4.69, 9.17) is 0 Å². The first-order valence-corrected chi connectivity index (χ1v) is 7.14. The van der Waals surface area contributed by atoms with Crippen LogP contribution >= 0.6 is 0 Å². The maximum absolute atomic E-state index is 3.51. The van der Waals surface area contributed by atoms with Gasteiger partial charge in [0.05, 0.1) is 5.52 Å². The van der Waals surface area contributed by atoms with E-state index < -0.39 is 0 Å². The number of hydrogen-bond acceptors (Lipinski definition) is 1. The van der Waals surface area contributed by atoms with E-state index in [-0.39, 0.29) is 0 Å². The van der Waals surface area contributed by atoms with Gasteiger partial charge in [-0.15, -0.1) is 0 Å². The van der Waals surface area contributed by atoms with Crippen LogP contribution in [0.15, 0.2) is 30.5 Å². The van der Waals surface area contributed by atoms with Gasteiger partial charge in [-0.05, 0) is 36.4 Å². The van der Waals surface area contributed by atoms with Crippen LogP contribution in [-0.2, 0) is 13.0 Å². The normalized spacial score (nSPS) is 11.2. The molecule has 0 saturated heterocycles. The van der Waals surface area contributed by atoms with Gasteiger partial charge in [0, 0.05) is 19.3 Å². The summed E-state index contributed by atoms with van der Waals surface area (Å²) in [7, 11) is 0. The smallest absolute Gasteiger partial charge is 0.0513 e. The molecule has 0 aliphatic heterocycles. The molecule has 2 aromatic rings. The summed E-state index contributed by atoms with van der Waals surface area (Å²) in [5, 5.41) is 4.87. The zero-order chi connectivity index (χ0) is 12.8. The predicted molar refractivity (Wildman–Crippen MR) is 79.1 cm³/mol. The summed E-state index contributed by atoms with van der Waals surface area (Å²) in [6.45, 7) is 7.71. The Balaban J connectivity index is 2.04. The Bertz CT molecular complexity index is 485. The van der Waals surface area contributed by atoms with Crippen molar-refractivity contribution in [3.05, 3.63) is 36.0 Å². The van der Waals surface area contributed by atoms with Crippen molar-refractivity contribution in [2.24, 2.45) is 0 Å². The summed E-state index contributed by atoms with van der Waals surface area (Å²) in [5.74, 6) is 0. The fourth-order valence-corrected chi connectivity index (χ4v) is 2.44. The number of aryl methyl sites for hydroxylation is 1. The molecular weight excluding hydrogens is 220 g/mol. The molecule has 98 valence electrons. The second kappa shape index (κ2) is 6.60. The predicted octanol–water partition coefficient (Wildman–Crippen LogP) is 3.59. The standard InChI is InChI=1S/C16H24N2/c1-3-5-10-17-11-13-18-12-9-15-8-6-7-14(4-2)16(15)18/h6-9,12,17H,3-5,10-11,13H2,1-2H3. The highest BCUT2D eigenvalue weighted by Crippen LogP contribution is 2.20. The monoisotopic (exact) mass is 244 g/mol. The Hall–Kier alpha value is -1.28. The second-order valence-corrected chi connectivity index (χ2v) is 4.82. The Morgan fingerprint density at radius 2 is 2.00 bits per heavy atom. The lowest BCUT2D eigenvalue weighted by molar-refractivity contribution is 0.588. The molecule has 0 bridgehead atoms. The lowest BCUT2D eigenvalue weighted by atomic mass is 10.1. The minimum Gasteiger partial charge on any atom is -0.346 e. The third-order valence-corrected chi connectivity index (χ3v) is 3.49. The molecule has 0 aliphatic carbocycles. The van der Waals surface area contributed by atoms with Crippen molar-refractivity contribution in [1.29, 1.82) is 0 Å². The molecule has 2 nitrogen and oxygen atoms in total. The number of para-hydroxylation sites is 1. The van der Waals surface area contributed by atoms with E-state index in [0.29, 0.717) is 0 Å². The lowest BCUT2D eigenvalue weighted by Gasteiger charge is -2.09. The van der Waals surface area contributed by atoms with Gasteiger partial charge in [-0.3, -0.25) is 0 Å². The fraction of sp³-hybridized carbons (Fsp3) is 0.500. The molecule has 0 unspecified atom stereocenters. The van der Waals surface area contributed by atoms with E-state index in [1.807, 2.05) is 0 Å². The number of benzene rings is 1. The molecule has 1 aromatic carbocycles. The summed E-state index contributed by atoms with van der Waals surface area (Å²) in [6, 6.07) is 8.82. The molecular formula is C16H24N2. The van der Waals surface area contributed by atoms with Crippen molar-refractivity contribution >= 4 is 10.9 Å². The minimum absolute atomic E-state index is 1.06. The van der Waals surface area contributed by atoms with Crippen molar-refractivity contribution in [3.63, 3.8) is 0 Å². The van der Waals surface area contributed by atoms with Crippen molar-refractivity contribution in [3.8, 4) is 0 Å². The van der Waals surface area contributed by atoms with Crippen LogP contribution in [0.1, 0.15) is 32.3 Å². The summed E-state index contributed by atoms with van der Waals surface area (Å²) >= 11 is 0. The van der Waals surface area contributed by atoms with Crippen LogP contribution in [-0.4, -0.2) is 17.7 Å². The molecule has 0 saturated carbocycles. The van der Waals surface area contributed by atoms with E-state index in [2.05, 4.69) is 54.2 Å². The molecule has 0 fully saturated rings. The zero-order valence-corrected chi connectivity index (χ0v) is 11.6. The third kappa shape index (κ3) is 2.94. The zero-order valence-electron chi connectivity index (χ0n) is 11.6. The fourth-order valence-electron chi connectivity index (χ4n) is 2.44. The first-order valence-electron chi connectivity index (χ1n) is 7.14. The lowest BCUT2D eigenvalue weighted by Crippen LogP contribution is -2.20. The molecule has 2 heteroatoms. The van der Waals surface area contributed by atoms with Crippen molar-refractivity contribution in [2.45, 2.75) is 39.7 Å². The highest BCUT2D eigenvalue weighted by atomic mass is 15.0. The van der Waals surface area contributed by atoms with Gasteiger partial charge in [0.15, 0.2) is 0 Å².